The van der Waals surface area contributed by atoms with Crippen LogP contribution in [0.2, 0.25) is 0 Å². The molecule has 2 aliphatic carbocycles. The van der Waals surface area contributed by atoms with Crippen LogP contribution in [-0.2, 0) is 10.2 Å². The Balaban J connectivity index is 1.68. The second kappa shape index (κ2) is 8.22. The highest BCUT2D eigenvalue weighted by Gasteiger charge is 2.35. The van der Waals surface area contributed by atoms with Gasteiger partial charge in [-0.05, 0) is 49.8 Å². The minimum Gasteiger partial charge on any atom is -0.497 e. The fourth-order valence-electron chi connectivity index (χ4n) is 4.61. The van der Waals surface area contributed by atoms with E-state index in [9.17, 15) is 4.79 Å². The molecule has 0 spiro atoms. The second-order valence-corrected chi connectivity index (χ2v) is 7.91. The van der Waals surface area contributed by atoms with Crippen molar-refractivity contribution >= 4 is 5.91 Å². The Hall–Kier alpha value is -1.55. The topological polar surface area (TPSA) is 64.3 Å². The first-order chi connectivity index (χ1) is 12.1. The van der Waals surface area contributed by atoms with Gasteiger partial charge < -0.3 is 15.8 Å². The van der Waals surface area contributed by atoms with Gasteiger partial charge in [0, 0.05) is 23.9 Å². The van der Waals surface area contributed by atoms with E-state index < -0.39 is 0 Å². The van der Waals surface area contributed by atoms with Crippen molar-refractivity contribution in [2.45, 2.75) is 69.2 Å². The van der Waals surface area contributed by atoms with Gasteiger partial charge in [-0.25, -0.2) is 0 Å². The second-order valence-electron chi connectivity index (χ2n) is 7.91. The molecule has 0 saturated heterocycles. The van der Waals surface area contributed by atoms with E-state index in [1.807, 2.05) is 12.1 Å². The van der Waals surface area contributed by atoms with E-state index in [0.717, 1.165) is 50.8 Å². The van der Waals surface area contributed by atoms with Gasteiger partial charge in [-0.1, -0.05) is 37.8 Å². The van der Waals surface area contributed by atoms with Crippen molar-refractivity contribution in [3.05, 3.63) is 29.8 Å². The fraction of sp³-hybridized carbons (Fsp3) is 0.667. The van der Waals surface area contributed by atoms with Gasteiger partial charge >= 0.3 is 0 Å². The van der Waals surface area contributed by atoms with E-state index in [1.165, 1.54) is 24.8 Å². The van der Waals surface area contributed by atoms with Gasteiger partial charge in [0.15, 0.2) is 0 Å². The average Bonchev–Trinajstić information content (AvgIpc) is 2.67. The molecule has 25 heavy (non-hydrogen) atoms. The van der Waals surface area contributed by atoms with Crippen molar-refractivity contribution < 1.29 is 9.53 Å². The average molecular weight is 344 g/mol. The molecule has 1 amide bonds. The molecular weight excluding hydrogens is 312 g/mol. The molecule has 138 valence electrons. The number of benzene rings is 1. The van der Waals surface area contributed by atoms with Crippen LogP contribution < -0.4 is 15.8 Å². The molecule has 0 radical (unpaired) electrons. The lowest BCUT2D eigenvalue weighted by Gasteiger charge is -2.39. The molecule has 3 rings (SSSR count). The minimum atomic E-state index is 0.0664. The molecule has 2 aliphatic rings. The maximum atomic E-state index is 12.7. The Kier molecular flexibility index (Phi) is 6.00. The first kappa shape index (κ1) is 18.2. The van der Waals surface area contributed by atoms with E-state index in [2.05, 4.69) is 17.4 Å². The Labute approximate surface area is 151 Å². The van der Waals surface area contributed by atoms with Crippen molar-refractivity contribution in [2.75, 3.05) is 13.7 Å². The van der Waals surface area contributed by atoms with Crippen LogP contribution >= 0.6 is 0 Å². The number of carbonyl (C=O) groups is 1. The predicted octanol–water partition coefficient (Wildman–Crippen LogP) is 3.53. The van der Waals surface area contributed by atoms with Crippen molar-refractivity contribution in [1.82, 2.24) is 5.32 Å². The zero-order chi connectivity index (χ0) is 17.7. The Bertz CT molecular complexity index is 564. The molecule has 2 fully saturated rings. The van der Waals surface area contributed by atoms with Crippen LogP contribution in [0, 0.1) is 5.92 Å². The third kappa shape index (κ3) is 4.35. The number of nitrogens with one attached hydrogen (secondary N) is 1. The van der Waals surface area contributed by atoms with Crippen molar-refractivity contribution in [3.63, 3.8) is 0 Å². The number of hydrogen-bond donors (Lipinski definition) is 2. The predicted molar refractivity (Wildman–Crippen MR) is 101 cm³/mol. The van der Waals surface area contributed by atoms with E-state index in [4.69, 9.17) is 10.5 Å². The van der Waals surface area contributed by atoms with Gasteiger partial charge in [0.1, 0.15) is 5.75 Å². The molecule has 2 unspecified atom stereocenters. The molecule has 0 bridgehead atoms. The molecule has 0 aromatic heterocycles. The Morgan fingerprint density at radius 3 is 2.52 bits per heavy atom. The lowest BCUT2D eigenvalue weighted by molar-refractivity contribution is -0.126. The summed E-state index contributed by atoms with van der Waals surface area (Å²) in [4.78, 5) is 12.7. The molecule has 2 saturated carbocycles. The maximum absolute atomic E-state index is 12.7. The smallest absolute Gasteiger partial charge is 0.223 e. The molecule has 3 N–H and O–H groups in total. The first-order valence-corrected chi connectivity index (χ1v) is 9.81. The van der Waals surface area contributed by atoms with E-state index in [0.29, 0.717) is 0 Å². The minimum absolute atomic E-state index is 0.0664. The Morgan fingerprint density at radius 2 is 1.88 bits per heavy atom. The van der Waals surface area contributed by atoms with Crippen LogP contribution in [0.1, 0.15) is 63.4 Å². The summed E-state index contributed by atoms with van der Waals surface area (Å²) >= 11 is 0. The van der Waals surface area contributed by atoms with Crippen LogP contribution in [0.4, 0.5) is 0 Å². The Morgan fingerprint density at radius 1 is 1.16 bits per heavy atom. The summed E-state index contributed by atoms with van der Waals surface area (Å²) < 4.78 is 5.30. The highest BCUT2D eigenvalue weighted by atomic mass is 16.5. The third-order valence-electron chi connectivity index (χ3n) is 6.20. The summed E-state index contributed by atoms with van der Waals surface area (Å²) in [5.41, 5.74) is 7.45. The summed E-state index contributed by atoms with van der Waals surface area (Å²) in [6.07, 6.45) is 9.99. The fourth-order valence-corrected chi connectivity index (χ4v) is 4.61. The number of carbonyl (C=O) groups excluding carboxylic acids is 1. The molecular formula is C21H32N2O2. The van der Waals surface area contributed by atoms with Crippen molar-refractivity contribution in [2.24, 2.45) is 11.7 Å². The summed E-state index contributed by atoms with van der Waals surface area (Å²) in [5, 5.41) is 3.28. The number of rotatable bonds is 5. The van der Waals surface area contributed by atoms with Crippen LogP contribution in [0.15, 0.2) is 24.3 Å². The number of ether oxygens (including phenoxy) is 1. The van der Waals surface area contributed by atoms with Crippen molar-refractivity contribution in [1.29, 1.82) is 0 Å². The van der Waals surface area contributed by atoms with E-state index >= 15 is 0 Å². The van der Waals surface area contributed by atoms with E-state index in [-0.39, 0.29) is 23.3 Å². The highest BCUT2D eigenvalue weighted by molar-refractivity contribution is 5.79. The molecule has 4 nitrogen and oxygen atoms in total. The van der Waals surface area contributed by atoms with Crippen LogP contribution in [-0.4, -0.2) is 25.6 Å². The summed E-state index contributed by atoms with van der Waals surface area (Å²) in [6.45, 7) is 0.740. The molecule has 0 heterocycles. The number of methoxy groups -OCH3 is 1. The molecule has 0 aliphatic heterocycles. The first-order valence-electron chi connectivity index (χ1n) is 9.81. The van der Waals surface area contributed by atoms with Gasteiger partial charge in [-0.2, -0.15) is 0 Å². The zero-order valence-electron chi connectivity index (χ0n) is 15.4. The van der Waals surface area contributed by atoms with Crippen molar-refractivity contribution in [3.8, 4) is 5.75 Å². The summed E-state index contributed by atoms with van der Waals surface area (Å²) in [5.74, 6) is 1.18. The van der Waals surface area contributed by atoms with Crippen LogP contribution in [0.5, 0.6) is 5.75 Å². The van der Waals surface area contributed by atoms with Crippen LogP contribution in [0.25, 0.3) is 0 Å². The largest absolute Gasteiger partial charge is 0.497 e. The van der Waals surface area contributed by atoms with Gasteiger partial charge in [-0.15, -0.1) is 0 Å². The standard InChI is InChI=1S/C21H32N2O2/c1-25-19-10-8-17(9-11-19)21(12-3-2-4-13-21)15-23-20(24)16-6-5-7-18(22)14-16/h8-11,16,18H,2-7,12-15,22H2,1H3,(H,23,24). The van der Waals surface area contributed by atoms with Gasteiger partial charge in [0.2, 0.25) is 5.91 Å². The van der Waals surface area contributed by atoms with Gasteiger partial charge in [0.05, 0.1) is 7.11 Å². The quantitative estimate of drug-likeness (QED) is 0.859. The van der Waals surface area contributed by atoms with E-state index in [1.54, 1.807) is 7.11 Å². The number of nitrogens with two attached hydrogens (primary N) is 1. The highest BCUT2D eigenvalue weighted by Crippen LogP contribution is 2.39. The lowest BCUT2D eigenvalue weighted by Crippen LogP contribution is -2.45. The summed E-state index contributed by atoms with van der Waals surface area (Å²) in [7, 11) is 1.69. The van der Waals surface area contributed by atoms with Gasteiger partial charge in [-0.3, -0.25) is 4.79 Å². The normalized spacial score (nSPS) is 26.0. The zero-order valence-corrected chi connectivity index (χ0v) is 15.4. The van der Waals surface area contributed by atoms with Crippen LogP contribution in [0.3, 0.4) is 0 Å². The molecule has 2 atom stereocenters. The monoisotopic (exact) mass is 344 g/mol. The summed E-state index contributed by atoms with van der Waals surface area (Å²) in [6, 6.07) is 8.61. The molecule has 1 aromatic rings. The SMILES string of the molecule is COc1ccc(C2(CNC(=O)C3CCCC(N)C3)CCCCC2)cc1. The molecule has 4 heteroatoms. The lowest BCUT2D eigenvalue weighted by atomic mass is 9.69. The molecule has 1 aromatic carbocycles. The third-order valence-corrected chi connectivity index (χ3v) is 6.20. The maximum Gasteiger partial charge on any atom is 0.223 e. The number of amides is 1. The van der Waals surface area contributed by atoms with Gasteiger partial charge in [0.25, 0.3) is 0 Å². The number of hydrogen-bond acceptors (Lipinski definition) is 3.